The number of anilines is 1. The molecule has 1 saturated heterocycles. The molecule has 0 unspecified atom stereocenters. The number of hydrogen-bond donors (Lipinski definition) is 1. The summed E-state index contributed by atoms with van der Waals surface area (Å²) in [5, 5.41) is 7.21. The Hall–Kier alpha value is -2.19. The molecule has 8 heteroatoms. The predicted octanol–water partition coefficient (Wildman–Crippen LogP) is 1.54. The van der Waals surface area contributed by atoms with E-state index in [4.69, 9.17) is 0 Å². The zero-order valence-corrected chi connectivity index (χ0v) is 14.9. The molecule has 0 saturated carbocycles. The van der Waals surface area contributed by atoms with E-state index in [1.807, 2.05) is 36.5 Å². The van der Waals surface area contributed by atoms with Crippen molar-refractivity contribution in [1.29, 1.82) is 0 Å². The van der Waals surface area contributed by atoms with E-state index in [0.717, 1.165) is 5.56 Å². The molecule has 1 aliphatic rings. The van der Waals surface area contributed by atoms with Gasteiger partial charge in [0, 0.05) is 31.3 Å². The van der Waals surface area contributed by atoms with Crippen LogP contribution in [0.25, 0.3) is 0 Å². The van der Waals surface area contributed by atoms with Gasteiger partial charge in [-0.1, -0.05) is 30.3 Å². The van der Waals surface area contributed by atoms with E-state index in [-0.39, 0.29) is 11.8 Å². The molecule has 7 nitrogen and oxygen atoms in total. The first-order chi connectivity index (χ1) is 11.9. The molecule has 134 valence electrons. The molecule has 1 aromatic heterocycles. The van der Waals surface area contributed by atoms with Crippen molar-refractivity contribution in [3.05, 3.63) is 48.2 Å². The number of rotatable bonds is 5. The summed E-state index contributed by atoms with van der Waals surface area (Å²) in [5.41, 5.74) is 1.14. The lowest BCUT2D eigenvalue weighted by Crippen LogP contribution is -2.40. The van der Waals surface area contributed by atoms with Gasteiger partial charge in [-0.3, -0.25) is 9.48 Å². The monoisotopic (exact) mass is 362 g/mol. The van der Waals surface area contributed by atoms with E-state index in [1.165, 1.54) is 10.6 Å². The number of carbonyl (C=O) groups is 1. The highest BCUT2D eigenvalue weighted by atomic mass is 32.2. The largest absolute Gasteiger partial charge is 0.309 e. The minimum absolute atomic E-state index is 0.0990. The van der Waals surface area contributed by atoms with Crippen LogP contribution in [-0.2, 0) is 21.4 Å². The number of hydrogen-bond acceptors (Lipinski definition) is 4. The summed E-state index contributed by atoms with van der Waals surface area (Å²) in [6.07, 6.45) is 4.09. The van der Waals surface area contributed by atoms with Gasteiger partial charge < -0.3 is 5.32 Å². The van der Waals surface area contributed by atoms with Gasteiger partial charge in [-0.15, -0.1) is 0 Å². The fourth-order valence-electron chi connectivity index (χ4n) is 2.96. The lowest BCUT2D eigenvalue weighted by atomic mass is 9.97. The second-order valence-electron chi connectivity index (χ2n) is 6.31. The molecule has 0 atom stereocenters. The first-order valence-electron chi connectivity index (χ1n) is 8.25. The van der Waals surface area contributed by atoms with Gasteiger partial charge in [0.2, 0.25) is 15.9 Å². The van der Waals surface area contributed by atoms with Gasteiger partial charge >= 0.3 is 0 Å². The molecule has 2 aromatic rings. The summed E-state index contributed by atoms with van der Waals surface area (Å²) in [6.45, 7) is 1.42. The van der Waals surface area contributed by atoms with Gasteiger partial charge in [0.25, 0.3) is 0 Å². The molecule has 3 rings (SSSR count). The Morgan fingerprint density at radius 2 is 1.88 bits per heavy atom. The van der Waals surface area contributed by atoms with Crippen molar-refractivity contribution in [1.82, 2.24) is 14.1 Å². The normalized spacial score (nSPS) is 16.7. The van der Waals surface area contributed by atoms with Crippen molar-refractivity contribution in [2.24, 2.45) is 5.92 Å². The van der Waals surface area contributed by atoms with Crippen molar-refractivity contribution in [3.63, 3.8) is 0 Å². The van der Waals surface area contributed by atoms with Gasteiger partial charge in [-0.25, -0.2) is 12.7 Å². The fourth-order valence-corrected chi connectivity index (χ4v) is 3.84. The van der Waals surface area contributed by atoms with Crippen molar-refractivity contribution < 1.29 is 13.2 Å². The Labute approximate surface area is 147 Å². The third kappa shape index (κ3) is 4.67. The topological polar surface area (TPSA) is 84.3 Å². The maximum Gasteiger partial charge on any atom is 0.228 e. The standard InChI is InChI=1S/C17H22N4O3S/c1-25(23,24)21-11-7-15(8-12-21)17(22)18-16-9-10-20(19-16)13-14-5-3-2-4-6-14/h2-6,9-10,15H,7-8,11-13H2,1H3,(H,18,19,22). The molecular weight excluding hydrogens is 340 g/mol. The van der Waals surface area contributed by atoms with Crippen LogP contribution < -0.4 is 5.32 Å². The van der Waals surface area contributed by atoms with Crippen molar-refractivity contribution in [2.75, 3.05) is 24.7 Å². The minimum Gasteiger partial charge on any atom is -0.309 e. The molecule has 0 spiro atoms. The molecule has 1 N–H and O–H groups in total. The highest BCUT2D eigenvalue weighted by molar-refractivity contribution is 7.88. The molecular formula is C17H22N4O3S. The number of amides is 1. The van der Waals surface area contributed by atoms with Crippen LogP contribution in [0.2, 0.25) is 0 Å². The molecule has 1 aromatic carbocycles. The van der Waals surface area contributed by atoms with Gasteiger partial charge in [0.15, 0.2) is 5.82 Å². The zero-order chi connectivity index (χ0) is 17.9. The smallest absolute Gasteiger partial charge is 0.228 e. The lowest BCUT2D eigenvalue weighted by molar-refractivity contribution is -0.120. The Morgan fingerprint density at radius 1 is 1.20 bits per heavy atom. The molecule has 25 heavy (non-hydrogen) atoms. The van der Waals surface area contributed by atoms with E-state index in [0.29, 0.717) is 38.3 Å². The van der Waals surface area contributed by atoms with Crippen LogP contribution in [0.4, 0.5) is 5.82 Å². The number of nitrogens with zero attached hydrogens (tertiary/aromatic N) is 3. The summed E-state index contributed by atoms with van der Waals surface area (Å²) in [5.74, 6) is 0.238. The van der Waals surface area contributed by atoms with Crippen LogP contribution in [0.15, 0.2) is 42.6 Å². The van der Waals surface area contributed by atoms with Crippen molar-refractivity contribution in [3.8, 4) is 0 Å². The first kappa shape index (κ1) is 17.6. The second-order valence-corrected chi connectivity index (χ2v) is 8.29. The summed E-state index contributed by atoms with van der Waals surface area (Å²) in [6, 6.07) is 11.7. The Balaban J connectivity index is 1.54. The number of aromatic nitrogens is 2. The highest BCUT2D eigenvalue weighted by Gasteiger charge is 2.29. The van der Waals surface area contributed by atoms with Gasteiger partial charge in [0.05, 0.1) is 12.8 Å². The van der Waals surface area contributed by atoms with E-state index in [2.05, 4.69) is 10.4 Å². The third-order valence-electron chi connectivity index (χ3n) is 4.37. The van der Waals surface area contributed by atoms with Crippen LogP contribution in [0.3, 0.4) is 0 Å². The summed E-state index contributed by atoms with van der Waals surface area (Å²) >= 11 is 0. The van der Waals surface area contributed by atoms with Gasteiger partial charge in [-0.05, 0) is 18.4 Å². The zero-order valence-electron chi connectivity index (χ0n) is 14.1. The van der Waals surface area contributed by atoms with Crippen LogP contribution >= 0.6 is 0 Å². The number of nitrogens with one attached hydrogen (secondary N) is 1. The summed E-state index contributed by atoms with van der Waals surface area (Å²) < 4.78 is 26.2. The molecule has 2 heterocycles. The van der Waals surface area contributed by atoms with E-state index < -0.39 is 10.0 Å². The summed E-state index contributed by atoms with van der Waals surface area (Å²) in [4.78, 5) is 12.4. The summed E-state index contributed by atoms with van der Waals surface area (Å²) in [7, 11) is -3.17. The van der Waals surface area contributed by atoms with Crippen molar-refractivity contribution in [2.45, 2.75) is 19.4 Å². The Bertz CT molecular complexity index is 825. The molecule has 1 amide bonds. The average molecular weight is 362 g/mol. The number of piperidine rings is 1. The maximum absolute atomic E-state index is 12.4. The maximum atomic E-state index is 12.4. The van der Waals surface area contributed by atoms with E-state index in [9.17, 15) is 13.2 Å². The quantitative estimate of drug-likeness (QED) is 0.874. The minimum atomic E-state index is -3.17. The van der Waals surface area contributed by atoms with E-state index >= 15 is 0 Å². The first-order valence-corrected chi connectivity index (χ1v) is 10.1. The molecule has 0 radical (unpaired) electrons. The van der Waals surface area contributed by atoms with Gasteiger partial charge in [0.1, 0.15) is 0 Å². The number of benzene rings is 1. The van der Waals surface area contributed by atoms with Crippen LogP contribution in [0.5, 0.6) is 0 Å². The van der Waals surface area contributed by atoms with Crippen LogP contribution in [0.1, 0.15) is 18.4 Å². The molecule has 1 fully saturated rings. The van der Waals surface area contributed by atoms with Gasteiger partial charge in [-0.2, -0.15) is 5.10 Å². The lowest BCUT2D eigenvalue weighted by Gasteiger charge is -2.29. The third-order valence-corrected chi connectivity index (χ3v) is 5.68. The SMILES string of the molecule is CS(=O)(=O)N1CCC(C(=O)Nc2ccn(Cc3ccccc3)n2)CC1. The molecule has 0 bridgehead atoms. The molecule has 0 aliphatic carbocycles. The predicted molar refractivity (Wildman–Crippen MR) is 95.5 cm³/mol. The fraction of sp³-hybridized carbons (Fsp3) is 0.412. The Morgan fingerprint density at radius 3 is 2.52 bits per heavy atom. The second kappa shape index (κ2) is 7.37. The van der Waals surface area contributed by atoms with Crippen LogP contribution in [-0.4, -0.2) is 47.8 Å². The Kier molecular flexibility index (Phi) is 5.19. The van der Waals surface area contributed by atoms with E-state index in [1.54, 1.807) is 10.7 Å². The highest BCUT2D eigenvalue weighted by Crippen LogP contribution is 2.20. The average Bonchev–Trinajstić information content (AvgIpc) is 3.02. The number of sulfonamides is 1. The van der Waals surface area contributed by atoms with Crippen molar-refractivity contribution >= 4 is 21.7 Å². The number of carbonyl (C=O) groups excluding carboxylic acids is 1. The molecule has 1 aliphatic heterocycles. The van der Waals surface area contributed by atoms with Crippen LogP contribution in [0, 0.1) is 5.92 Å².